The van der Waals surface area contributed by atoms with Crippen LogP contribution in [0.2, 0.25) is 0 Å². The number of aryl methyl sites for hydroxylation is 1. The molecule has 2 N–H and O–H groups in total. The Hall–Kier alpha value is -1.39. The fraction of sp³-hybridized carbons (Fsp3) is 0.267. The van der Waals surface area contributed by atoms with E-state index in [1.807, 2.05) is 24.3 Å². The lowest BCUT2D eigenvalue weighted by molar-refractivity contribution is 0.412. The topological polar surface area (TPSA) is 48.1 Å². The molecule has 4 heteroatoms. The molecule has 0 saturated carbocycles. The highest BCUT2D eigenvalue weighted by molar-refractivity contribution is 9.10. The number of methoxy groups -OCH3 is 1. The van der Waals surface area contributed by atoms with Crippen LogP contribution < -0.4 is 10.5 Å². The first kappa shape index (κ1) is 14.0. The van der Waals surface area contributed by atoms with Gasteiger partial charge in [-0.25, -0.2) is 0 Å². The van der Waals surface area contributed by atoms with Crippen molar-refractivity contribution in [3.05, 3.63) is 57.8 Å². The summed E-state index contributed by atoms with van der Waals surface area (Å²) in [5.74, 6) is 0.810. The van der Waals surface area contributed by atoms with Crippen LogP contribution in [0.4, 0.5) is 0 Å². The second-order valence-electron chi connectivity index (χ2n) is 4.47. The summed E-state index contributed by atoms with van der Waals surface area (Å²) in [6, 6.07) is 9.84. The quantitative estimate of drug-likeness (QED) is 0.939. The maximum atomic E-state index is 6.25. The molecule has 1 unspecified atom stereocenters. The summed E-state index contributed by atoms with van der Waals surface area (Å²) in [5.41, 5.74) is 9.54. The van der Waals surface area contributed by atoms with E-state index in [1.54, 1.807) is 13.3 Å². The van der Waals surface area contributed by atoms with Gasteiger partial charge < -0.3 is 10.5 Å². The van der Waals surface area contributed by atoms with Gasteiger partial charge >= 0.3 is 0 Å². The second-order valence-corrected chi connectivity index (χ2v) is 5.33. The first-order chi connectivity index (χ1) is 9.11. The standard InChI is InChI=1S/C15H17BrN2O/c1-10-4-3-7-18-14(10)9-13(17)11-5-6-15(19-2)12(16)8-11/h3-8,13H,9,17H2,1-2H3. The summed E-state index contributed by atoms with van der Waals surface area (Å²) in [4.78, 5) is 4.38. The average molecular weight is 321 g/mol. The summed E-state index contributed by atoms with van der Waals surface area (Å²) < 4.78 is 6.13. The van der Waals surface area contributed by atoms with Gasteiger partial charge in [-0.3, -0.25) is 4.98 Å². The zero-order valence-electron chi connectivity index (χ0n) is 11.1. The van der Waals surface area contributed by atoms with E-state index >= 15 is 0 Å². The predicted molar refractivity (Wildman–Crippen MR) is 80.3 cm³/mol. The lowest BCUT2D eigenvalue weighted by Crippen LogP contribution is -2.15. The van der Waals surface area contributed by atoms with Crippen LogP contribution in [0.1, 0.15) is 22.9 Å². The van der Waals surface area contributed by atoms with Crippen molar-refractivity contribution in [1.82, 2.24) is 4.98 Å². The van der Waals surface area contributed by atoms with Crippen molar-refractivity contribution in [1.29, 1.82) is 0 Å². The van der Waals surface area contributed by atoms with Gasteiger partial charge in [0.2, 0.25) is 0 Å². The van der Waals surface area contributed by atoms with E-state index in [1.165, 1.54) is 5.56 Å². The van der Waals surface area contributed by atoms with Crippen LogP contribution in [0.25, 0.3) is 0 Å². The Morgan fingerprint density at radius 2 is 2.16 bits per heavy atom. The predicted octanol–water partition coefficient (Wildman–Crippen LogP) is 3.40. The molecule has 2 rings (SSSR count). The molecule has 0 radical (unpaired) electrons. The summed E-state index contributed by atoms with van der Waals surface area (Å²) in [6.07, 6.45) is 2.53. The number of ether oxygens (including phenoxy) is 1. The Labute approximate surface area is 121 Å². The van der Waals surface area contributed by atoms with Crippen molar-refractivity contribution in [3.8, 4) is 5.75 Å². The van der Waals surface area contributed by atoms with Crippen LogP contribution in [0.5, 0.6) is 5.75 Å². The van der Waals surface area contributed by atoms with E-state index in [0.29, 0.717) is 0 Å². The van der Waals surface area contributed by atoms with Crippen molar-refractivity contribution in [2.24, 2.45) is 5.73 Å². The molecule has 2 aromatic rings. The van der Waals surface area contributed by atoms with Crippen molar-refractivity contribution >= 4 is 15.9 Å². The molecular formula is C15H17BrN2O. The number of aromatic nitrogens is 1. The Kier molecular flexibility index (Phi) is 4.56. The molecule has 0 aliphatic carbocycles. The zero-order valence-corrected chi connectivity index (χ0v) is 12.6. The number of nitrogens with two attached hydrogens (primary N) is 1. The van der Waals surface area contributed by atoms with Crippen molar-refractivity contribution < 1.29 is 4.74 Å². The molecule has 0 saturated heterocycles. The SMILES string of the molecule is COc1ccc(C(N)Cc2ncccc2C)cc1Br. The molecule has 0 aliphatic rings. The molecule has 3 nitrogen and oxygen atoms in total. The first-order valence-corrected chi connectivity index (χ1v) is 6.90. The number of benzene rings is 1. The van der Waals surface area contributed by atoms with Gasteiger partial charge in [-0.2, -0.15) is 0 Å². The molecule has 100 valence electrons. The first-order valence-electron chi connectivity index (χ1n) is 6.11. The van der Waals surface area contributed by atoms with E-state index in [4.69, 9.17) is 10.5 Å². The van der Waals surface area contributed by atoms with Crippen LogP contribution in [-0.2, 0) is 6.42 Å². The summed E-state index contributed by atoms with van der Waals surface area (Å²) in [7, 11) is 1.65. The lowest BCUT2D eigenvalue weighted by atomic mass is 10.0. The van der Waals surface area contributed by atoms with Crippen LogP contribution in [0.15, 0.2) is 41.0 Å². The molecule has 19 heavy (non-hydrogen) atoms. The van der Waals surface area contributed by atoms with E-state index < -0.39 is 0 Å². The third-order valence-electron chi connectivity index (χ3n) is 3.14. The Morgan fingerprint density at radius 3 is 2.79 bits per heavy atom. The maximum absolute atomic E-state index is 6.25. The number of halogens is 1. The lowest BCUT2D eigenvalue weighted by Gasteiger charge is -2.14. The Bertz CT molecular complexity index is 572. The van der Waals surface area contributed by atoms with E-state index in [9.17, 15) is 0 Å². The molecule has 1 aromatic heterocycles. The van der Waals surface area contributed by atoms with Crippen LogP contribution in [-0.4, -0.2) is 12.1 Å². The molecule has 1 atom stereocenters. The summed E-state index contributed by atoms with van der Waals surface area (Å²) in [5, 5.41) is 0. The van der Waals surface area contributed by atoms with Gasteiger partial charge in [0.25, 0.3) is 0 Å². The maximum Gasteiger partial charge on any atom is 0.133 e. The molecule has 0 aliphatic heterocycles. The number of rotatable bonds is 4. The van der Waals surface area contributed by atoms with Gasteiger partial charge in [0.1, 0.15) is 5.75 Å². The molecule has 1 heterocycles. The molecule has 0 amide bonds. The third-order valence-corrected chi connectivity index (χ3v) is 3.75. The van der Waals surface area contributed by atoms with Gasteiger partial charge in [-0.15, -0.1) is 0 Å². The van der Waals surface area contributed by atoms with Gasteiger partial charge in [0.15, 0.2) is 0 Å². The smallest absolute Gasteiger partial charge is 0.133 e. The monoisotopic (exact) mass is 320 g/mol. The highest BCUT2D eigenvalue weighted by Gasteiger charge is 2.11. The highest BCUT2D eigenvalue weighted by Crippen LogP contribution is 2.28. The van der Waals surface area contributed by atoms with Gasteiger partial charge in [0, 0.05) is 24.4 Å². The summed E-state index contributed by atoms with van der Waals surface area (Å²) >= 11 is 3.48. The highest BCUT2D eigenvalue weighted by atomic mass is 79.9. The molecule has 1 aromatic carbocycles. The minimum atomic E-state index is -0.0733. The van der Waals surface area contributed by atoms with Crippen molar-refractivity contribution in [2.75, 3.05) is 7.11 Å². The van der Waals surface area contributed by atoms with Crippen LogP contribution in [0.3, 0.4) is 0 Å². The largest absolute Gasteiger partial charge is 0.496 e. The molecular weight excluding hydrogens is 304 g/mol. The number of nitrogens with zero attached hydrogens (tertiary/aromatic N) is 1. The Balaban J connectivity index is 2.18. The molecule has 0 spiro atoms. The minimum absolute atomic E-state index is 0.0733. The Morgan fingerprint density at radius 1 is 1.37 bits per heavy atom. The second kappa shape index (κ2) is 6.17. The van der Waals surface area contributed by atoms with Crippen LogP contribution >= 0.6 is 15.9 Å². The van der Waals surface area contributed by atoms with E-state index in [2.05, 4.69) is 33.9 Å². The normalized spacial score (nSPS) is 12.2. The average Bonchev–Trinajstić information content (AvgIpc) is 2.41. The van der Waals surface area contributed by atoms with Gasteiger partial charge in [0.05, 0.1) is 11.6 Å². The van der Waals surface area contributed by atoms with E-state index in [0.717, 1.165) is 27.9 Å². The van der Waals surface area contributed by atoms with Gasteiger partial charge in [-0.05, 0) is 52.2 Å². The van der Waals surface area contributed by atoms with Crippen molar-refractivity contribution in [3.63, 3.8) is 0 Å². The van der Waals surface area contributed by atoms with E-state index in [-0.39, 0.29) is 6.04 Å². The molecule has 0 fully saturated rings. The number of hydrogen-bond acceptors (Lipinski definition) is 3. The summed E-state index contributed by atoms with van der Waals surface area (Å²) in [6.45, 7) is 2.05. The fourth-order valence-electron chi connectivity index (χ4n) is 1.97. The third kappa shape index (κ3) is 3.33. The van der Waals surface area contributed by atoms with Gasteiger partial charge in [-0.1, -0.05) is 12.1 Å². The van der Waals surface area contributed by atoms with Crippen LogP contribution in [0, 0.1) is 6.92 Å². The number of hydrogen-bond donors (Lipinski definition) is 1. The molecule has 0 bridgehead atoms. The minimum Gasteiger partial charge on any atom is -0.496 e. The fourth-order valence-corrected chi connectivity index (χ4v) is 2.53. The zero-order chi connectivity index (χ0) is 13.8. The van der Waals surface area contributed by atoms with Crippen molar-refractivity contribution in [2.45, 2.75) is 19.4 Å². The number of pyridine rings is 1.